The highest BCUT2D eigenvalue weighted by Crippen LogP contribution is 2.33. The average Bonchev–Trinajstić information content (AvgIpc) is 2.58. The van der Waals surface area contributed by atoms with E-state index in [4.69, 9.17) is 21.1 Å². The van der Waals surface area contributed by atoms with Crippen LogP contribution >= 0.6 is 27.5 Å². The summed E-state index contributed by atoms with van der Waals surface area (Å²) in [4.78, 5) is 11.9. The van der Waals surface area contributed by atoms with Gasteiger partial charge in [-0.2, -0.15) is 5.10 Å². The number of carbonyl (C=O) groups is 1. The maximum atomic E-state index is 11.9. The molecule has 0 aliphatic heterocycles. The Kier molecular flexibility index (Phi) is 6.63. The van der Waals surface area contributed by atoms with Crippen molar-refractivity contribution >= 4 is 39.7 Å². The third-order valence-corrected chi connectivity index (χ3v) is 4.27. The lowest BCUT2D eigenvalue weighted by Gasteiger charge is -2.10. The van der Waals surface area contributed by atoms with Gasteiger partial charge in [0, 0.05) is 5.02 Å². The maximum absolute atomic E-state index is 11.9. The number of hydrazone groups is 1. The Labute approximate surface area is 153 Å². The number of amides is 1. The molecule has 0 bridgehead atoms. The van der Waals surface area contributed by atoms with Crippen molar-refractivity contribution in [1.29, 1.82) is 0 Å². The van der Waals surface area contributed by atoms with E-state index in [0.717, 1.165) is 5.56 Å². The van der Waals surface area contributed by atoms with Crippen molar-refractivity contribution in [3.8, 4) is 11.5 Å². The van der Waals surface area contributed by atoms with Crippen molar-refractivity contribution in [2.24, 2.45) is 5.10 Å². The van der Waals surface area contributed by atoms with Crippen LogP contribution in [0.2, 0.25) is 5.02 Å². The maximum Gasteiger partial charge on any atom is 0.244 e. The van der Waals surface area contributed by atoms with Gasteiger partial charge in [0.25, 0.3) is 0 Å². The lowest BCUT2D eigenvalue weighted by atomic mass is 10.1. The number of hydrogen-bond acceptors (Lipinski definition) is 4. The van der Waals surface area contributed by atoms with Crippen LogP contribution in [-0.4, -0.2) is 26.3 Å². The summed E-state index contributed by atoms with van der Waals surface area (Å²) in [7, 11) is 3.13. The van der Waals surface area contributed by atoms with Crippen molar-refractivity contribution in [3.05, 3.63) is 57.0 Å². The summed E-state index contributed by atoms with van der Waals surface area (Å²) in [5.41, 5.74) is 4.01. The van der Waals surface area contributed by atoms with Gasteiger partial charge in [-0.3, -0.25) is 4.79 Å². The molecular weight excluding hydrogens is 396 g/mol. The van der Waals surface area contributed by atoms with Crippen LogP contribution in [0.1, 0.15) is 11.1 Å². The fourth-order valence-electron chi connectivity index (χ4n) is 2.01. The Morgan fingerprint density at radius 2 is 1.79 bits per heavy atom. The minimum Gasteiger partial charge on any atom is -0.496 e. The molecule has 0 heterocycles. The monoisotopic (exact) mass is 410 g/mol. The standard InChI is InChI=1S/C17H16BrClN2O3/c1-23-14-7-8-15(24-2)17(18)13(14)10-20-21-16(22)9-11-3-5-12(19)6-4-11/h3-8,10H,9H2,1-2H3,(H,21,22)/b20-10+. The summed E-state index contributed by atoms with van der Waals surface area (Å²) >= 11 is 9.26. The number of rotatable bonds is 6. The minimum atomic E-state index is -0.230. The summed E-state index contributed by atoms with van der Waals surface area (Å²) in [5, 5.41) is 4.62. The largest absolute Gasteiger partial charge is 0.496 e. The van der Waals surface area contributed by atoms with E-state index < -0.39 is 0 Å². The zero-order valence-corrected chi connectivity index (χ0v) is 15.5. The van der Waals surface area contributed by atoms with E-state index in [0.29, 0.717) is 26.6 Å². The van der Waals surface area contributed by atoms with Crippen LogP contribution < -0.4 is 14.9 Å². The van der Waals surface area contributed by atoms with Gasteiger partial charge >= 0.3 is 0 Å². The minimum absolute atomic E-state index is 0.213. The van der Waals surface area contributed by atoms with E-state index in [1.807, 2.05) is 0 Å². The lowest BCUT2D eigenvalue weighted by molar-refractivity contribution is -0.120. The van der Waals surface area contributed by atoms with Gasteiger partial charge in [0.15, 0.2) is 0 Å². The third-order valence-electron chi connectivity index (χ3n) is 3.21. The molecule has 0 atom stereocenters. The van der Waals surface area contributed by atoms with Crippen LogP contribution in [0.5, 0.6) is 11.5 Å². The summed E-state index contributed by atoms with van der Waals surface area (Å²) in [5.74, 6) is 1.02. The molecular formula is C17H16BrClN2O3. The zero-order valence-electron chi connectivity index (χ0n) is 13.2. The second-order valence-electron chi connectivity index (χ2n) is 4.79. The smallest absolute Gasteiger partial charge is 0.244 e. The molecule has 0 fully saturated rings. The van der Waals surface area contributed by atoms with Crippen molar-refractivity contribution < 1.29 is 14.3 Å². The van der Waals surface area contributed by atoms with Gasteiger partial charge in [-0.1, -0.05) is 23.7 Å². The Balaban J connectivity index is 2.05. The Bertz CT molecular complexity index is 748. The fraction of sp³-hybridized carbons (Fsp3) is 0.176. The number of ether oxygens (including phenoxy) is 2. The number of hydrogen-bond donors (Lipinski definition) is 1. The normalized spacial score (nSPS) is 10.7. The van der Waals surface area contributed by atoms with E-state index in [1.165, 1.54) is 6.21 Å². The van der Waals surface area contributed by atoms with Gasteiger partial charge in [0.1, 0.15) is 11.5 Å². The molecule has 1 N–H and O–H groups in total. The molecule has 5 nitrogen and oxygen atoms in total. The van der Waals surface area contributed by atoms with Crippen molar-refractivity contribution in [3.63, 3.8) is 0 Å². The van der Waals surface area contributed by atoms with Gasteiger partial charge in [0.2, 0.25) is 5.91 Å². The molecule has 0 unspecified atom stereocenters. The van der Waals surface area contributed by atoms with Gasteiger partial charge in [-0.05, 0) is 45.8 Å². The van der Waals surface area contributed by atoms with Crippen molar-refractivity contribution in [1.82, 2.24) is 5.43 Å². The van der Waals surface area contributed by atoms with Crippen LogP contribution in [0.25, 0.3) is 0 Å². The first kappa shape index (κ1) is 18.3. The summed E-state index contributed by atoms with van der Waals surface area (Å²) in [6.45, 7) is 0. The second-order valence-corrected chi connectivity index (χ2v) is 6.02. The predicted molar refractivity (Wildman–Crippen MR) is 98.1 cm³/mol. The number of nitrogens with one attached hydrogen (secondary N) is 1. The Morgan fingerprint density at radius 1 is 1.17 bits per heavy atom. The molecule has 2 aromatic rings. The number of methoxy groups -OCH3 is 2. The van der Waals surface area contributed by atoms with Crippen LogP contribution in [0.15, 0.2) is 46.0 Å². The van der Waals surface area contributed by atoms with E-state index in [-0.39, 0.29) is 12.3 Å². The number of halogens is 2. The molecule has 7 heteroatoms. The highest BCUT2D eigenvalue weighted by Gasteiger charge is 2.11. The molecule has 24 heavy (non-hydrogen) atoms. The molecule has 0 saturated heterocycles. The highest BCUT2D eigenvalue weighted by molar-refractivity contribution is 9.10. The van der Waals surface area contributed by atoms with E-state index >= 15 is 0 Å². The Hall–Kier alpha value is -2.05. The van der Waals surface area contributed by atoms with Gasteiger partial charge in [-0.15, -0.1) is 0 Å². The lowest BCUT2D eigenvalue weighted by Crippen LogP contribution is -2.19. The third kappa shape index (κ3) is 4.72. The number of carbonyl (C=O) groups excluding carboxylic acids is 1. The second kappa shape index (κ2) is 8.70. The summed E-state index contributed by atoms with van der Waals surface area (Å²) in [6, 6.07) is 10.6. The SMILES string of the molecule is COc1ccc(OC)c(/C=N/NC(=O)Cc2ccc(Cl)cc2)c1Br. The molecule has 0 aliphatic carbocycles. The van der Waals surface area contributed by atoms with Crippen LogP contribution in [-0.2, 0) is 11.2 Å². The van der Waals surface area contributed by atoms with Gasteiger partial charge in [-0.25, -0.2) is 5.43 Å². The van der Waals surface area contributed by atoms with Crippen LogP contribution in [0.3, 0.4) is 0 Å². The molecule has 2 aromatic carbocycles. The first-order valence-corrected chi connectivity index (χ1v) is 8.19. The topological polar surface area (TPSA) is 59.9 Å². The van der Waals surface area contributed by atoms with E-state index in [1.54, 1.807) is 50.6 Å². The van der Waals surface area contributed by atoms with Gasteiger partial charge in [0.05, 0.1) is 36.9 Å². The van der Waals surface area contributed by atoms with E-state index in [2.05, 4.69) is 26.5 Å². The van der Waals surface area contributed by atoms with Gasteiger partial charge < -0.3 is 9.47 Å². The first-order valence-electron chi connectivity index (χ1n) is 7.02. The average molecular weight is 412 g/mol. The predicted octanol–water partition coefficient (Wildman–Crippen LogP) is 3.81. The highest BCUT2D eigenvalue weighted by atomic mass is 79.9. The number of benzene rings is 2. The zero-order chi connectivity index (χ0) is 17.5. The number of nitrogens with zero attached hydrogens (tertiary/aromatic N) is 1. The summed E-state index contributed by atoms with van der Waals surface area (Å²) < 4.78 is 11.2. The molecule has 0 aliphatic rings. The Morgan fingerprint density at radius 3 is 2.42 bits per heavy atom. The van der Waals surface area contributed by atoms with Crippen LogP contribution in [0, 0.1) is 0 Å². The molecule has 0 spiro atoms. The summed E-state index contributed by atoms with van der Waals surface area (Å²) in [6.07, 6.45) is 1.72. The first-order chi connectivity index (χ1) is 11.5. The van der Waals surface area contributed by atoms with Crippen LogP contribution in [0.4, 0.5) is 0 Å². The molecule has 0 radical (unpaired) electrons. The van der Waals surface area contributed by atoms with E-state index in [9.17, 15) is 4.79 Å². The molecule has 2 rings (SSSR count). The fourth-order valence-corrected chi connectivity index (χ4v) is 2.72. The van der Waals surface area contributed by atoms with Crippen molar-refractivity contribution in [2.75, 3.05) is 14.2 Å². The molecule has 0 aromatic heterocycles. The molecule has 126 valence electrons. The van der Waals surface area contributed by atoms with Crippen molar-refractivity contribution in [2.45, 2.75) is 6.42 Å². The molecule has 1 amide bonds. The quantitative estimate of drug-likeness (QED) is 0.581. The molecule has 0 saturated carbocycles.